The lowest BCUT2D eigenvalue weighted by Crippen LogP contribution is -2.19. The monoisotopic (exact) mass is 325 g/mol. The average molecular weight is 325 g/mol. The Morgan fingerprint density at radius 3 is 2.65 bits per heavy atom. The first-order chi connectivity index (χ1) is 11.2. The van der Waals surface area contributed by atoms with Crippen LogP contribution in [0.25, 0.3) is 10.2 Å². The Morgan fingerprint density at radius 2 is 1.91 bits per heavy atom. The Balaban J connectivity index is 1.70. The molecule has 1 heterocycles. The third-order valence-corrected chi connectivity index (χ3v) is 4.24. The van der Waals surface area contributed by atoms with Gasteiger partial charge in [0.2, 0.25) is 5.91 Å². The summed E-state index contributed by atoms with van der Waals surface area (Å²) in [4.78, 5) is 27.8. The molecule has 0 fully saturated rings. The SMILES string of the molecule is CNC(=O)Cc1ccc(NC(=O)c2ccc3ncsc3c2)cc1. The summed E-state index contributed by atoms with van der Waals surface area (Å²) in [6, 6.07) is 12.7. The van der Waals surface area contributed by atoms with Crippen molar-refractivity contribution < 1.29 is 9.59 Å². The molecule has 0 aliphatic heterocycles. The van der Waals surface area contributed by atoms with Crippen molar-refractivity contribution in [2.75, 3.05) is 12.4 Å². The Hall–Kier alpha value is -2.73. The van der Waals surface area contributed by atoms with Gasteiger partial charge in [0.1, 0.15) is 0 Å². The second-order valence-electron chi connectivity index (χ2n) is 5.04. The first kappa shape index (κ1) is 15.2. The lowest BCUT2D eigenvalue weighted by atomic mass is 10.1. The fourth-order valence-electron chi connectivity index (χ4n) is 2.18. The normalized spacial score (nSPS) is 10.5. The second-order valence-corrected chi connectivity index (χ2v) is 5.92. The van der Waals surface area contributed by atoms with Crippen molar-refractivity contribution in [3.8, 4) is 0 Å². The van der Waals surface area contributed by atoms with Gasteiger partial charge < -0.3 is 10.6 Å². The molecule has 6 heteroatoms. The Bertz CT molecular complexity index is 856. The van der Waals surface area contributed by atoms with E-state index in [0.717, 1.165) is 15.8 Å². The molecule has 5 nitrogen and oxygen atoms in total. The maximum atomic E-state index is 12.3. The van der Waals surface area contributed by atoms with E-state index in [1.165, 1.54) is 11.3 Å². The smallest absolute Gasteiger partial charge is 0.255 e. The van der Waals surface area contributed by atoms with Crippen molar-refractivity contribution in [3.05, 3.63) is 59.1 Å². The molecule has 2 N–H and O–H groups in total. The van der Waals surface area contributed by atoms with E-state index in [4.69, 9.17) is 0 Å². The lowest BCUT2D eigenvalue weighted by molar-refractivity contribution is -0.119. The molecule has 0 bridgehead atoms. The van der Waals surface area contributed by atoms with Crippen LogP contribution in [0.2, 0.25) is 0 Å². The summed E-state index contributed by atoms with van der Waals surface area (Å²) in [5, 5.41) is 5.44. The maximum absolute atomic E-state index is 12.3. The van der Waals surface area contributed by atoms with Crippen molar-refractivity contribution >= 4 is 39.1 Å². The Morgan fingerprint density at radius 1 is 1.13 bits per heavy atom. The van der Waals surface area contributed by atoms with Crippen molar-refractivity contribution in [3.63, 3.8) is 0 Å². The molecule has 1 aromatic heterocycles. The number of carbonyl (C=O) groups excluding carboxylic acids is 2. The number of benzene rings is 2. The maximum Gasteiger partial charge on any atom is 0.255 e. The molecule has 116 valence electrons. The van der Waals surface area contributed by atoms with E-state index < -0.39 is 0 Å². The number of nitrogens with one attached hydrogen (secondary N) is 2. The van der Waals surface area contributed by atoms with Gasteiger partial charge in [-0.15, -0.1) is 11.3 Å². The number of hydrogen-bond acceptors (Lipinski definition) is 4. The molecular formula is C17H15N3O2S. The lowest BCUT2D eigenvalue weighted by Gasteiger charge is -2.07. The summed E-state index contributed by atoms with van der Waals surface area (Å²) < 4.78 is 0.985. The van der Waals surface area contributed by atoms with Crippen LogP contribution in [0.3, 0.4) is 0 Å². The molecule has 2 aromatic carbocycles. The summed E-state index contributed by atoms with van der Waals surface area (Å²) in [5.74, 6) is -0.209. The van der Waals surface area contributed by atoms with Crippen LogP contribution < -0.4 is 10.6 Å². The minimum absolute atomic E-state index is 0.0420. The van der Waals surface area contributed by atoms with Gasteiger partial charge in [-0.05, 0) is 35.9 Å². The highest BCUT2D eigenvalue weighted by Crippen LogP contribution is 2.20. The van der Waals surface area contributed by atoms with Gasteiger partial charge in [-0.1, -0.05) is 12.1 Å². The van der Waals surface area contributed by atoms with E-state index in [2.05, 4.69) is 15.6 Å². The predicted molar refractivity (Wildman–Crippen MR) is 91.8 cm³/mol. The fourth-order valence-corrected chi connectivity index (χ4v) is 2.90. The molecule has 0 aliphatic rings. The number of amides is 2. The van der Waals surface area contributed by atoms with Crippen molar-refractivity contribution in [1.82, 2.24) is 10.3 Å². The molecular weight excluding hydrogens is 310 g/mol. The van der Waals surface area contributed by atoms with Gasteiger partial charge in [0.25, 0.3) is 5.91 Å². The van der Waals surface area contributed by atoms with Crippen molar-refractivity contribution in [2.45, 2.75) is 6.42 Å². The molecule has 23 heavy (non-hydrogen) atoms. The fraction of sp³-hybridized carbons (Fsp3) is 0.118. The molecule has 0 radical (unpaired) electrons. The molecule has 2 amide bonds. The highest BCUT2D eigenvalue weighted by molar-refractivity contribution is 7.16. The topological polar surface area (TPSA) is 71.1 Å². The highest BCUT2D eigenvalue weighted by atomic mass is 32.1. The van der Waals surface area contributed by atoms with Crippen LogP contribution in [0.5, 0.6) is 0 Å². The standard InChI is InChI=1S/C17H15N3O2S/c1-18-16(21)8-11-2-5-13(6-3-11)20-17(22)12-4-7-14-15(9-12)23-10-19-14/h2-7,9-10H,8H2,1H3,(H,18,21)(H,20,22). The first-order valence-corrected chi connectivity index (χ1v) is 7.98. The summed E-state index contributed by atoms with van der Waals surface area (Å²) >= 11 is 1.51. The Labute approximate surface area is 137 Å². The number of aromatic nitrogens is 1. The van der Waals surface area contributed by atoms with E-state index in [0.29, 0.717) is 17.7 Å². The van der Waals surface area contributed by atoms with Gasteiger partial charge in [0, 0.05) is 18.3 Å². The summed E-state index contributed by atoms with van der Waals surface area (Å²) in [7, 11) is 1.61. The zero-order valence-electron chi connectivity index (χ0n) is 12.5. The van der Waals surface area contributed by atoms with Gasteiger partial charge in [-0.2, -0.15) is 0 Å². The van der Waals surface area contributed by atoms with Gasteiger partial charge in [-0.25, -0.2) is 4.98 Å². The van der Waals surface area contributed by atoms with Crippen LogP contribution in [0.1, 0.15) is 15.9 Å². The van der Waals surface area contributed by atoms with Gasteiger partial charge >= 0.3 is 0 Å². The van der Waals surface area contributed by atoms with Gasteiger partial charge in [0.15, 0.2) is 0 Å². The number of anilines is 1. The number of carbonyl (C=O) groups is 2. The molecule has 0 aliphatic carbocycles. The number of nitrogens with zero attached hydrogens (tertiary/aromatic N) is 1. The number of rotatable bonds is 4. The molecule has 0 saturated heterocycles. The van der Waals surface area contributed by atoms with E-state index >= 15 is 0 Å². The molecule has 0 unspecified atom stereocenters. The quantitative estimate of drug-likeness (QED) is 0.775. The summed E-state index contributed by atoms with van der Waals surface area (Å²) in [6.07, 6.45) is 0.326. The van der Waals surface area contributed by atoms with Crippen LogP contribution in [0.4, 0.5) is 5.69 Å². The molecule has 0 saturated carbocycles. The number of thiazole rings is 1. The largest absolute Gasteiger partial charge is 0.359 e. The number of hydrogen-bond donors (Lipinski definition) is 2. The minimum Gasteiger partial charge on any atom is -0.359 e. The third kappa shape index (κ3) is 3.54. The average Bonchev–Trinajstić information content (AvgIpc) is 3.04. The highest BCUT2D eigenvalue weighted by Gasteiger charge is 2.08. The van der Waals surface area contributed by atoms with Crippen LogP contribution in [0, 0.1) is 0 Å². The molecule has 0 atom stereocenters. The van der Waals surface area contributed by atoms with E-state index in [-0.39, 0.29) is 11.8 Å². The van der Waals surface area contributed by atoms with E-state index in [1.54, 1.807) is 30.8 Å². The first-order valence-electron chi connectivity index (χ1n) is 7.10. The third-order valence-electron chi connectivity index (χ3n) is 3.45. The van der Waals surface area contributed by atoms with Gasteiger partial charge in [-0.3, -0.25) is 9.59 Å². The molecule has 0 spiro atoms. The molecule has 3 aromatic rings. The molecule has 3 rings (SSSR count). The van der Waals surface area contributed by atoms with Crippen LogP contribution in [-0.4, -0.2) is 23.8 Å². The zero-order chi connectivity index (χ0) is 16.2. The Kier molecular flexibility index (Phi) is 4.34. The van der Waals surface area contributed by atoms with Crippen molar-refractivity contribution in [2.24, 2.45) is 0 Å². The second kappa shape index (κ2) is 6.58. The van der Waals surface area contributed by atoms with Crippen LogP contribution >= 0.6 is 11.3 Å². The van der Waals surface area contributed by atoms with E-state index in [1.807, 2.05) is 24.3 Å². The predicted octanol–water partition coefficient (Wildman–Crippen LogP) is 2.84. The number of fused-ring (bicyclic) bond motifs is 1. The minimum atomic E-state index is -0.167. The van der Waals surface area contributed by atoms with Gasteiger partial charge in [0.05, 0.1) is 22.1 Å². The van der Waals surface area contributed by atoms with Crippen molar-refractivity contribution in [1.29, 1.82) is 0 Å². The number of likely N-dealkylation sites (N-methyl/N-ethyl adjacent to an activating group) is 1. The summed E-state index contributed by atoms with van der Waals surface area (Å²) in [6.45, 7) is 0. The van der Waals surface area contributed by atoms with Crippen LogP contribution in [0.15, 0.2) is 48.0 Å². The summed E-state index contributed by atoms with van der Waals surface area (Å²) in [5.41, 5.74) is 4.84. The van der Waals surface area contributed by atoms with E-state index in [9.17, 15) is 9.59 Å². The zero-order valence-corrected chi connectivity index (χ0v) is 13.3. The van der Waals surface area contributed by atoms with Crippen LogP contribution in [-0.2, 0) is 11.2 Å².